The number of hydrogen-bond donors (Lipinski definition) is 1. The number of likely N-dealkylation sites (tertiary alicyclic amines) is 1. The second-order valence-corrected chi connectivity index (χ2v) is 4.78. The number of carbonyl (C=O) groups is 1. The van der Waals surface area contributed by atoms with Gasteiger partial charge in [0.15, 0.2) is 11.6 Å². The summed E-state index contributed by atoms with van der Waals surface area (Å²) in [6.45, 7) is 2.94. The molecule has 0 aliphatic carbocycles. The number of amides is 1. The van der Waals surface area contributed by atoms with E-state index in [4.69, 9.17) is 5.73 Å². The quantitative estimate of drug-likeness (QED) is 0.830. The lowest BCUT2D eigenvalue weighted by atomic mass is 9.94. The van der Waals surface area contributed by atoms with E-state index in [1.54, 1.807) is 0 Å². The number of hydrogen-bond acceptors (Lipinski definition) is 2. The van der Waals surface area contributed by atoms with E-state index in [0.29, 0.717) is 19.0 Å². The van der Waals surface area contributed by atoms with E-state index in [-0.39, 0.29) is 11.6 Å². The average Bonchev–Trinajstić information content (AvgIpc) is 2.35. The van der Waals surface area contributed by atoms with Crippen LogP contribution >= 0.6 is 0 Å². The Bertz CT molecular complexity index is 464. The molecule has 3 nitrogen and oxygen atoms in total. The molecule has 18 heavy (non-hydrogen) atoms. The van der Waals surface area contributed by atoms with Crippen molar-refractivity contribution < 1.29 is 13.6 Å². The van der Waals surface area contributed by atoms with Crippen LogP contribution in [-0.2, 0) is 0 Å². The van der Waals surface area contributed by atoms with Gasteiger partial charge in [0, 0.05) is 19.1 Å². The Labute approximate surface area is 105 Å². The van der Waals surface area contributed by atoms with Gasteiger partial charge in [-0.15, -0.1) is 0 Å². The fourth-order valence-electron chi connectivity index (χ4n) is 2.12. The van der Waals surface area contributed by atoms with Crippen molar-refractivity contribution in [3.8, 4) is 0 Å². The van der Waals surface area contributed by atoms with E-state index in [9.17, 15) is 13.6 Å². The SMILES string of the molecule is CC1CCN(C(=O)c2cccc(F)c2F)CC1N. The molecule has 2 rings (SSSR count). The van der Waals surface area contributed by atoms with Gasteiger partial charge in [-0.25, -0.2) is 8.78 Å². The average molecular weight is 254 g/mol. The summed E-state index contributed by atoms with van der Waals surface area (Å²) in [7, 11) is 0. The van der Waals surface area contributed by atoms with Gasteiger partial charge in [0.2, 0.25) is 0 Å². The summed E-state index contributed by atoms with van der Waals surface area (Å²) in [6.07, 6.45) is 0.782. The minimum Gasteiger partial charge on any atom is -0.337 e. The molecular formula is C13H16F2N2O. The van der Waals surface area contributed by atoms with Crippen LogP contribution in [0.25, 0.3) is 0 Å². The number of nitrogens with zero attached hydrogens (tertiary/aromatic N) is 1. The lowest BCUT2D eigenvalue weighted by Gasteiger charge is -2.35. The summed E-state index contributed by atoms with van der Waals surface area (Å²) in [5, 5.41) is 0. The number of carbonyl (C=O) groups excluding carboxylic acids is 1. The second-order valence-electron chi connectivity index (χ2n) is 4.78. The highest BCUT2D eigenvalue weighted by Gasteiger charge is 2.28. The molecule has 1 aliphatic heterocycles. The summed E-state index contributed by atoms with van der Waals surface area (Å²) in [6, 6.07) is 3.51. The first kappa shape index (κ1) is 13.0. The maximum absolute atomic E-state index is 13.5. The Kier molecular flexibility index (Phi) is 3.61. The smallest absolute Gasteiger partial charge is 0.256 e. The fraction of sp³-hybridized carbons (Fsp3) is 0.462. The Morgan fingerprint density at radius 2 is 2.17 bits per heavy atom. The predicted octanol–water partition coefficient (Wildman–Crippen LogP) is 1.77. The zero-order valence-electron chi connectivity index (χ0n) is 10.2. The van der Waals surface area contributed by atoms with Gasteiger partial charge in [-0.2, -0.15) is 0 Å². The first-order valence-electron chi connectivity index (χ1n) is 5.99. The summed E-state index contributed by atoms with van der Waals surface area (Å²) >= 11 is 0. The molecule has 2 N–H and O–H groups in total. The molecule has 0 radical (unpaired) electrons. The molecule has 1 aromatic carbocycles. The summed E-state index contributed by atoms with van der Waals surface area (Å²) in [5.41, 5.74) is 5.67. The van der Waals surface area contributed by atoms with E-state index in [1.165, 1.54) is 17.0 Å². The van der Waals surface area contributed by atoms with Crippen LogP contribution in [0.15, 0.2) is 18.2 Å². The van der Waals surface area contributed by atoms with Gasteiger partial charge in [0.1, 0.15) is 0 Å². The number of rotatable bonds is 1. The van der Waals surface area contributed by atoms with Gasteiger partial charge >= 0.3 is 0 Å². The van der Waals surface area contributed by atoms with Crippen LogP contribution < -0.4 is 5.73 Å². The standard InChI is InChI=1S/C13H16F2N2O/c1-8-5-6-17(7-11(8)16)13(18)9-3-2-4-10(14)12(9)15/h2-4,8,11H,5-7,16H2,1H3. The van der Waals surface area contributed by atoms with Crippen LogP contribution in [0.2, 0.25) is 0 Å². The lowest BCUT2D eigenvalue weighted by Crippen LogP contribution is -2.49. The molecule has 1 aliphatic rings. The molecule has 0 bridgehead atoms. The number of benzene rings is 1. The maximum Gasteiger partial charge on any atom is 0.256 e. The molecule has 2 atom stereocenters. The van der Waals surface area contributed by atoms with Crippen molar-refractivity contribution in [3.63, 3.8) is 0 Å². The van der Waals surface area contributed by atoms with E-state index in [2.05, 4.69) is 0 Å². The van der Waals surface area contributed by atoms with E-state index >= 15 is 0 Å². The van der Waals surface area contributed by atoms with Crippen LogP contribution in [-0.4, -0.2) is 29.9 Å². The van der Waals surface area contributed by atoms with Crippen LogP contribution in [0.5, 0.6) is 0 Å². The van der Waals surface area contributed by atoms with E-state index in [0.717, 1.165) is 12.5 Å². The first-order valence-corrected chi connectivity index (χ1v) is 5.99. The van der Waals surface area contributed by atoms with Crippen molar-refractivity contribution in [2.45, 2.75) is 19.4 Å². The number of piperidine rings is 1. The van der Waals surface area contributed by atoms with E-state index < -0.39 is 17.5 Å². The highest BCUT2D eigenvalue weighted by Crippen LogP contribution is 2.19. The predicted molar refractivity (Wildman–Crippen MR) is 64.0 cm³/mol. The number of nitrogens with two attached hydrogens (primary N) is 1. The topological polar surface area (TPSA) is 46.3 Å². The third kappa shape index (κ3) is 2.36. The van der Waals surface area contributed by atoms with Gasteiger partial charge in [-0.1, -0.05) is 13.0 Å². The molecule has 1 aromatic rings. The van der Waals surface area contributed by atoms with E-state index in [1.807, 2.05) is 6.92 Å². The lowest BCUT2D eigenvalue weighted by molar-refractivity contribution is 0.0666. The minimum absolute atomic E-state index is 0.112. The molecule has 1 heterocycles. The molecule has 1 saturated heterocycles. The van der Waals surface area contributed by atoms with Crippen molar-refractivity contribution in [1.82, 2.24) is 4.90 Å². The van der Waals surface area contributed by atoms with Gasteiger partial charge in [0.05, 0.1) is 5.56 Å². The molecule has 2 unspecified atom stereocenters. The van der Waals surface area contributed by atoms with Crippen molar-refractivity contribution in [2.75, 3.05) is 13.1 Å². The summed E-state index contributed by atoms with van der Waals surface area (Å²) in [4.78, 5) is 13.6. The van der Waals surface area contributed by atoms with Crippen molar-refractivity contribution in [2.24, 2.45) is 11.7 Å². The molecule has 1 amide bonds. The third-order valence-corrected chi connectivity index (χ3v) is 3.49. The first-order chi connectivity index (χ1) is 8.50. The van der Waals surface area contributed by atoms with Crippen LogP contribution in [0.1, 0.15) is 23.7 Å². The summed E-state index contributed by atoms with van der Waals surface area (Å²) < 4.78 is 26.6. The van der Waals surface area contributed by atoms with Gasteiger partial charge in [-0.3, -0.25) is 4.79 Å². The maximum atomic E-state index is 13.5. The normalized spacial score (nSPS) is 24.1. The Morgan fingerprint density at radius 1 is 1.44 bits per heavy atom. The molecule has 0 spiro atoms. The molecular weight excluding hydrogens is 238 g/mol. The second kappa shape index (κ2) is 5.02. The van der Waals surface area contributed by atoms with Crippen molar-refractivity contribution in [3.05, 3.63) is 35.4 Å². The highest BCUT2D eigenvalue weighted by atomic mass is 19.2. The van der Waals surface area contributed by atoms with Gasteiger partial charge in [0.25, 0.3) is 5.91 Å². The largest absolute Gasteiger partial charge is 0.337 e. The Hall–Kier alpha value is -1.49. The number of halogens is 2. The van der Waals surface area contributed by atoms with Crippen molar-refractivity contribution >= 4 is 5.91 Å². The van der Waals surface area contributed by atoms with Crippen LogP contribution in [0.3, 0.4) is 0 Å². The third-order valence-electron chi connectivity index (χ3n) is 3.49. The minimum atomic E-state index is -1.09. The monoisotopic (exact) mass is 254 g/mol. The van der Waals surface area contributed by atoms with Gasteiger partial charge < -0.3 is 10.6 Å². The Morgan fingerprint density at radius 3 is 2.83 bits per heavy atom. The van der Waals surface area contributed by atoms with Gasteiger partial charge in [-0.05, 0) is 24.5 Å². The molecule has 98 valence electrons. The molecule has 0 saturated carbocycles. The molecule has 5 heteroatoms. The fourth-order valence-corrected chi connectivity index (χ4v) is 2.12. The highest BCUT2D eigenvalue weighted by molar-refractivity contribution is 5.94. The summed E-state index contributed by atoms with van der Waals surface area (Å²) in [5.74, 6) is -2.24. The Balaban J connectivity index is 2.19. The van der Waals surface area contributed by atoms with Crippen LogP contribution in [0.4, 0.5) is 8.78 Å². The zero-order chi connectivity index (χ0) is 13.3. The van der Waals surface area contributed by atoms with Crippen molar-refractivity contribution in [1.29, 1.82) is 0 Å². The zero-order valence-corrected chi connectivity index (χ0v) is 10.2. The molecule has 0 aromatic heterocycles. The molecule has 1 fully saturated rings. The van der Waals surface area contributed by atoms with Crippen LogP contribution in [0, 0.1) is 17.6 Å².